The lowest BCUT2D eigenvalue weighted by molar-refractivity contribution is 0.0635. The van der Waals surface area contributed by atoms with Crippen LogP contribution in [0.2, 0.25) is 0 Å². The number of halogens is 1. The standard InChI is InChI=1S/C16H16FN3O3S/c1-16(2,3)23-14(21)20-13-5-4-11(8-12(13)17)22-15-19-10(6-7-18)9-24-15/h4-5,8-9H,6H2,1-3H3,(H,20,21). The molecular formula is C16H16FN3O3S. The Labute approximate surface area is 142 Å². The molecule has 1 aromatic heterocycles. The summed E-state index contributed by atoms with van der Waals surface area (Å²) >= 11 is 1.21. The summed E-state index contributed by atoms with van der Waals surface area (Å²) in [6, 6.07) is 6.00. The van der Waals surface area contributed by atoms with Gasteiger partial charge in [-0.1, -0.05) is 11.3 Å². The zero-order chi connectivity index (χ0) is 17.7. The molecule has 0 saturated heterocycles. The van der Waals surface area contributed by atoms with Crippen LogP contribution in [0.5, 0.6) is 10.9 Å². The second-order valence-electron chi connectivity index (χ2n) is 5.81. The van der Waals surface area contributed by atoms with Gasteiger partial charge < -0.3 is 9.47 Å². The Hall–Kier alpha value is -2.66. The van der Waals surface area contributed by atoms with Crippen LogP contribution in [0.15, 0.2) is 23.6 Å². The highest BCUT2D eigenvalue weighted by atomic mass is 32.1. The van der Waals surface area contributed by atoms with Crippen molar-refractivity contribution in [3.63, 3.8) is 0 Å². The zero-order valence-corrected chi connectivity index (χ0v) is 14.2. The van der Waals surface area contributed by atoms with Gasteiger partial charge in [0.25, 0.3) is 5.19 Å². The Morgan fingerprint density at radius 1 is 1.46 bits per heavy atom. The van der Waals surface area contributed by atoms with E-state index in [0.717, 1.165) is 6.07 Å². The molecule has 1 amide bonds. The molecule has 1 heterocycles. The average molecular weight is 349 g/mol. The number of anilines is 1. The van der Waals surface area contributed by atoms with Crippen molar-refractivity contribution in [2.75, 3.05) is 5.32 Å². The molecule has 0 aliphatic heterocycles. The second kappa shape index (κ2) is 7.27. The number of aromatic nitrogens is 1. The summed E-state index contributed by atoms with van der Waals surface area (Å²) in [5, 5.41) is 13.0. The zero-order valence-electron chi connectivity index (χ0n) is 13.4. The van der Waals surface area contributed by atoms with Gasteiger partial charge in [-0.25, -0.2) is 14.2 Å². The van der Waals surface area contributed by atoms with Crippen molar-refractivity contribution in [3.8, 4) is 17.0 Å². The van der Waals surface area contributed by atoms with Crippen LogP contribution in [0.4, 0.5) is 14.9 Å². The number of rotatable bonds is 4. The van der Waals surface area contributed by atoms with Crippen LogP contribution < -0.4 is 10.1 Å². The summed E-state index contributed by atoms with van der Waals surface area (Å²) in [4.78, 5) is 15.8. The molecule has 24 heavy (non-hydrogen) atoms. The summed E-state index contributed by atoms with van der Waals surface area (Å²) in [5.74, 6) is -0.424. The molecule has 1 N–H and O–H groups in total. The number of thiazole rings is 1. The van der Waals surface area contributed by atoms with E-state index in [-0.39, 0.29) is 17.9 Å². The van der Waals surface area contributed by atoms with Gasteiger partial charge in [0.1, 0.15) is 11.4 Å². The van der Waals surface area contributed by atoms with E-state index in [4.69, 9.17) is 14.7 Å². The quantitative estimate of drug-likeness (QED) is 0.879. The van der Waals surface area contributed by atoms with E-state index in [0.29, 0.717) is 10.9 Å². The third-order valence-corrected chi connectivity index (χ3v) is 3.34. The molecule has 2 aromatic rings. The van der Waals surface area contributed by atoms with E-state index in [1.54, 1.807) is 26.2 Å². The molecular weight excluding hydrogens is 333 g/mol. The first kappa shape index (κ1) is 17.7. The number of nitrogens with one attached hydrogen (secondary N) is 1. The van der Waals surface area contributed by atoms with E-state index in [2.05, 4.69) is 10.3 Å². The minimum Gasteiger partial charge on any atom is -0.444 e. The number of ether oxygens (including phenoxy) is 2. The van der Waals surface area contributed by atoms with Crippen LogP contribution in [0.1, 0.15) is 26.5 Å². The number of carbonyl (C=O) groups excluding carboxylic acids is 1. The molecule has 1 aromatic carbocycles. The molecule has 126 valence electrons. The van der Waals surface area contributed by atoms with Crippen molar-refractivity contribution in [1.29, 1.82) is 5.26 Å². The number of hydrogen-bond acceptors (Lipinski definition) is 6. The third kappa shape index (κ3) is 5.21. The lowest BCUT2D eigenvalue weighted by atomic mass is 10.2. The maximum absolute atomic E-state index is 14.1. The highest BCUT2D eigenvalue weighted by Gasteiger charge is 2.17. The molecule has 0 atom stereocenters. The van der Waals surface area contributed by atoms with Gasteiger partial charge in [0.05, 0.1) is 23.9 Å². The Kier molecular flexibility index (Phi) is 5.36. The lowest BCUT2D eigenvalue weighted by Gasteiger charge is -2.19. The molecule has 0 aliphatic carbocycles. The Morgan fingerprint density at radius 3 is 2.83 bits per heavy atom. The maximum atomic E-state index is 14.1. The van der Waals surface area contributed by atoms with Crippen molar-refractivity contribution in [3.05, 3.63) is 35.1 Å². The molecule has 0 fully saturated rings. The fraction of sp³-hybridized carbons (Fsp3) is 0.312. The third-order valence-electron chi connectivity index (χ3n) is 2.57. The van der Waals surface area contributed by atoms with Gasteiger partial charge in [-0.05, 0) is 32.9 Å². The smallest absolute Gasteiger partial charge is 0.412 e. The largest absolute Gasteiger partial charge is 0.444 e. The summed E-state index contributed by atoms with van der Waals surface area (Å²) in [6.07, 6.45) is -0.552. The minimum absolute atomic E-state index is 0.0130. The monoisotopic (exact) mass is 349 g/mol. The van der Waals surface area contributed by atoms with Gasteiger partial charge in [-0.3, -0.25) is 5.32 Å². The predicted octanol–water partition coefficient (Wildman–Crippen LogP) is 4.49. The van der Waals surface area contributed by atoms with E-state index < -0.39 is 17.5 Å². The number of nitrogens with zero attached hydrogens (tertiary/aromatic N) is 2. The van der Waals surface area contributed by atoms with Gasteiger partial charge in [0, 0.05) is 11.4 Å². The van der Waals surface area contributed by atoms with Crippen LogP contribution in [0, 0.1) is 17.1 Å². The SMILES string of the molecule is CC(C)(C)OC(=O)Nc1ccc(Oc2nc(CC#N)cs2)cc1F. The molecule has 0 saturated carbocycles. The van der Waals surface area contributed by atoms with Crippen molar-refractivity contribution >= 4 is 23.1 Å². The lowest BCUT2D eigenvalue weighted by Crippen LogP contribution is -2.27. The number of amides is 1. The molecule has 0 unspecified atom stereocenters. The molecule has 0 aliphatic rings. The van der Waals surface area contributed by atoms with Crippen molar-refractivity contribution in [2.45, 2.75) is 32.8 Å². The minimum atomic E-state index is -0.740. The molecule has 2 rings (SSSR count). The van der Waals surface area contributed by atoms with E-state index in [1.807, 2.05) is 6.07 Å². The summed E-state index contributed by atoms with van der Waals surface area (Å²) in [5.41, 5.74) is -0.0858. The van der Waals surface area contributed by atoms with Gasteiger partial charge in [-0.2, -0.15) is 5.26 Å². The van der Waals surface area contributed by atoms with E-state index in [1.165, 1.54) is 23.5 Å². The van der Waals surface area contributed by atoms with Gasteiger partial charge >= 0.3 is 6.09 Å². The highest BCUT2D eigenvalue weighted by molar-refractivity contribution is 7.11. The van der Waals surface area contributed by atoms with Crippen LogP contribution in [-0.2, 0) is 11.2 Å². The number of carbonyl (C=O) groups is 1. The Balaban J connectivity index is 2.03. The molecule has 6 nitrogen and oxygen atoms in total. The summed E-state index contributed by atoms with van der Waals surface area (Å²) in [7, 11) is 0. The number of nitriles is 1. The van der Waals surface area contributed by atoms with Crippen molar-refractivity contribution < 1.29 is 18.7 Å². The summed E-state index contributed by atoms with van der Waals surface area (Å²) in [6.45, 7) is 5.15. The highest BCUT2D eigenvalue weighted by Crippen LogP contribution is 2.28. The van der Waals surface area contributed by atoms with Gasteiger partial charge in [0.15, 0.2) is 5.82 Å². The Bertz CT molecular complexity index is 778. The maximum Gasteiger partial charge on any atom is 0.412 e. The Morgan fingerprint density at radius 2 is 2.21 bits per heavy atom. The second-order valence-corrected chi connectivity index (χ2v) is 6.63. The fourth-order valence-corrected chi connectivity index (χ4v) is 2.36. The summed E-state index contributed by atoms with van der Waals surface area (Å²) < 4.78 is 24.6. The normalized spacial score (nSPS) is 10.8. The van der Waals surface area contributed by atoms with Crippen LogP contribution in [0.25, 0.3) is 0 Å². The first-order valence-corrected chi connectivity index (χ1v) is 7.93. The van der Waals surface area contributed by atoms with Gasteiger partial charge in [-0.15, -0.1) is 0 Å². The van der Waals surface area contributed by atoms with Crippen LogP contribution in [-0.4, -0.2) is 16.7 Å². The average Bonchev–Trinajstić information content (AvgIpc) is 2.87. The van der Waals surface area contributed by atoms with Crippen LogP contribution in [0.3, 0.4) is 0 Å². The molecule has 0 spiro atoms. The number of benzene rings is 1. The fourth-order valence-electron chi connectivity index (χ4n) is 1.67. The topological polar surface area (TPSA) is 84.2 Å². The van der Waals surface area contributed by atoms with Crippen molar-refractivity contribution in [2.24, 2.45) is 0 Å². The molecule has 0 bridgehead atoms. The van der Waals surface area contributed by atoms with E-state index >= 15 is 0 Å². The first-order valence-electron chi connectivity index (χ1n) is 7.05. The van der Waals surface area contributed by atoms with Crippen LogP contribution >= 0.6 is 11.3 Å². The van der Waals surface area contributed by atoms with Crippen molar-refractivity contribution in [1.82, 2.24) is 4.98 Å². The first-order chi connectivity index (χ1) is 11.3. The number of hydrogen-bond donors (Lipinski definition) is 1. The van der Waals surface area contributed by atoms with Gasteiger partial charge in [0.2, 0.25) is 0 Å². The molecule has 0 radical (unpaired) electrons. The molecule has 8 heteroatoms. The van der Waals surface area contributed by atoms with E-state index in [9.17, 15) is 9.18 Å². The predicted molar refractivity (Wildman–Crippen MR) is 87.8 cm³/mol.